The second-order valence-electron chi connectivity index (χ2n) is 4.64. The fourth-order valence-corrected chi connectivity index (χ4v) is 2.68. The van der Waals surface area contributed by atoms with Crippen molar-refractivity contribution in [3.8, 4) is 11.4 Å². The highest BCUT2D eigenvalue weighted by molar-refractivity contribution is 6.37. The molecule has 20 heavy (non-hydrogen) atoms. The summed E-state index contributed by atoms with van der Waals surface area (Å²) < 4.78 is 0. The average Bonchev–Trinajstić information content (AvgIpc) is 2.85. The monoisotopic (exact) mass is 305 g/mol. The molecule has 0 aliphatic carbocycles. The number of nitrogens with two attached hydrogens (primary N) is 1. The van der Waals surface area contributed by atoms with E-state index in [4.69, 9.17) is 28.9 Å². The van der Waals surface area contributed by atoms with Crippen LogP contribution in [0.1, 0.15) is 12.5 Å². The minimum absolute atomic E-state index is 0.433. The number of nitrogens with one attached hydrogen (secondary N) is 1. The van der Waals surface area contributed by atoms with Crippen molar-refractivity contribution in [3.63, 3.8) is 0 Å². The molecule has 0 saturated carbocycles. The van der Waals surface area contributed by atoms with Gasteiger partial charge in [0.05, 0.1) is 21.7 Å². The predicted octanol–water partition coefficient (Wildman–Crippen LogP) is 4.68. The topological polar surface area (TPSA) is 54.7 Å². The van der Waals surface area contributed by atoms with Crippen molar-refractivity contribution < 1.29 is 0 Å². The number of imidazole rings is 1. The fourth-order valence-electron chi connectivity index (χ4n) is 2.18. The minimum Gasteiger partial charge on any atom is -0.397 e. The number of hydrogen-bond donors (Lipinski definition) is 2. The van der Waals surface area contributed by atoms with Crippen molar-refractivity contribution in [2.24, 2.45) is 0 Å². The second-order valence-corrected chi connectivity index (χ2v) is 5.48. The zero-order chi connectivity index (χ0) is 14.3. The molecule has 3 aromatic rings. The van der Waals surface area contributed by atoms with Crippen LogP contribution in [0.25, 0.3) is 22.4 Å². The molecule has 5 heteroatoms. The number of aromatic nitrogens is 2. The van der Waals surface area contributed by atoms with E-state index >= 15 is 0 Å². The van der Waals surface area contributed by atoms with Gasteiger partial charge >= 0.3 is 0 Å². The summed E-state index contributed by atoms with van der Waals surface area (Å²) in [6.07, 6.45) is 0.982. The van der Waals surface area contributed by atoms with Gasteiger partial charge in [0, 0.05) is 10.6 Å². The number of halogens is 2. The van der Waals surface area contributed by atoms with Gasteiger partial charge in [0.25, 0.3) is 0 Å². The van der Waals surface area contributed by atoms with E-state index in [1.807, 2.05) is 6.07 Å². The second kappa shape index (κ2) is 5.00. The summed E-state index contributed by atoms with van der Waals surface area (Å²) in [4.78, 5) is 7.82. The van der Waals surface area contributed by atoms with E-state index in [9.17, 15) is 0 Å². The molecule has 0 saturated heterocycles. The molecule has 0 amide bonds. The lowest BCUT2D eigenvalue weighted by molar-refractivity contribution is 1.14. The number of rotatable bonds is 2. The minimum atomic E-state index is 0.433. The maximum Gasteiger partial charge on any atom is 0.140 e. The summed E-state index contributed by atoms with van der Waals surface area (Å²) in [5, 5.41) is 0.969. The number of fused-ring (bicyclic) bond motifs is 1. The SMILES string of the molecule is CCc1ccc2nc(-c3cc(Cl)cc(Cl)c3N)[nH]c2c1. The van der Waals surface area contributed by atoms with Gasteiger partial charge in [-0.2, -0.15) is 0 Å². The Morgan fingerprint density at radius 1 is 1.20 bits per heavy atom. The lowest BCUT2D eigenvalue weighted by Crippen LogP contribution is -1.92. The van der Waals surface area contributed by atoms with Crippen LogP contribution in [0, 0.1) is 0 Å². The molecule has 3 rings (SSSR count). The van der Waals surface area contributed by atoms with Crippen LogP contribution in [0.15, 0.2) is 30.3 Å². The van der Waals surface area contributed by atoms with Crippen molar-refractivity contribution >= 4 is 39.9 Å². The Morgan fingerprint density at radius 2 is 2.00 bits per heavy atom. The summed E-state index contributed by atoms with van der Waals surface area (Å²) in [7, 11) is 0. The van der Waals surface area contributed by atoms with Gasteiger partial charge in [-0.15, -0.1) is 0 Å². The van der Waals surface area contributed by atoms with Crippen molar-refractivity contribution in [1.82, 2.24) is 9.97 Å². The Labute approximate surface area is 126 Å². The molecule has 0 aliphatic rings. The molecule has 0 fully saturated rings. The van der Waals surface area contributed by atoms with Crippen LogP contribution in [0.4, 0.5) is 5.69 Å². The first kappa shape index (κ1) is 13.3. The van der Waals surface area contributed by atoms with Gasteiger partial charge in [-0.1, -0.05) is 36.2 Å². The highest BCUT2D eigenvalue weighted by atomic mass is 35.5. The zero-order valence-corrected chi connectivity index (χ0v) is 12.4. The maximum atomic E-state index is 6.06. The van der Waals surface area contributed by atoms with E-state index in [-0.39, 0.29) is 0 Å². The van der Waals surface area contributed by atoms with Crippen LogP contribution in [0.5, 0.6) is 0 Å². The molecular weight excluding hydrogens is 293 g/mol. The Morgan fingerprint density at radius 3 is 2.75 bits per heavy atom. The third-order valence-corrected chi connectivity index (χ3v) is 3.83. The largest absolute Gasteiger partial charge is 0.397 e. The van der Waals surface area contributed by atoms with E-state index in [1.165, 1.54) is 5.56 Å². The molecule has 1 aromatic heterocycles. The lowest BCUT2D eigenvalue weighted by atomic mass is 10.1. The summed E-state index contributed by atoms with van der Waals surface area (Å²) in [5.74, 6) is 0.676. The number of aromatic amines is 1. The van der Waals surface area contributed by atoms with Gasteiger partial charge in [-0.3, -0.25) is 0 Å². The number of H-pyrrole nitrogens is 1. The van der Waals surface area contributed by atoms with Crippen LogP contribution < -0.4 is 5.73 Å². The Hall–Kier alpha value is -1.71. The van der Waals surface area contributed by atoms with Crippen molar-refractivity contribution in [2.45, 2.75) is 13.3 Å². The first-order valence-electron chi connectivity index (χ1n) is 6.32. The first-order valence-corrected chi connectivity index (χ1v) is 7.07. The number of aryl methyl sites for hydroxylation is 1. The van der Waals surface area contributed by atoms with Crippen LogP contribution in [-0.2, 0) is 6.42 Å². The Kier molecular flexibility index (Phi) is 3.32. The van der Waals surface area contributed by atoms with E-state index in [1.54, 1.807) is 12.1 Å². The van der Waals surface area contributed by atoms with Crippen LogP contribution in [-0.4, -0.2) is 9.97 Å². The standard InChI is InChI=1S/C15H13Cl2N3/c1-2-8-3-4-12-13(5-8)20-15(19-12)10-6-9(16)7-11(17)14(10)18/h3-7H,2,18H2,1H3,(H,19,20). The van der Waals surface area contributed by atoms with Gasteiger partial charge in [0.1, 0.15) is 5.82 Å². The summed E-state index contributed by atoms with van der Waals surface area (Å²) in [6, 6.07) is 9.55. The molecule has 102 valence electrons. The predicted molar refractivity (Wildman–Crippen MR) is 85.3 cm³/mol. The number of hydrogen-bond acceptors (Lipinski definition) is 2. The van der Waals surface area contributed by atoms with E-state index in [0.717, 1.165) is 23.0 Å². The molecular formula is C15H13Cl2N3. The van der Waals surface area contributed by atoms with Crippen LogP contribution in [0.3, 0.4) is 0 Å². The highest BCUT2D eigenvalue weighted by Crippen LogP contribution is 2.34. The molecule has 0 spiro atoms. The summed E-state index contributed by atoms with van der Waals surface area (Å²) in [6.45, 7) is 2.12. The maximum absolute atomic E-state index is 6.06. The van der Waals surface area contributed by atoms with Crippen LogP contribution in [0.2, 0.25) is 10.0 Å². The van der Waals surface area contributed by atoms with E-state index in [0.29, 0.717) is 21.6 Å². The number of anilines is 1. The molecule has 2 aromatic carbocycles. The van der Waals surface area contributed by atoms with E-state index < -0.39 is 0 Å². The molecule has 0 radical (unpaired) electrons. The Bertz CT molecular complexity index is 793. The molecule has 0 atom stereocenters. The van der Waals surface area contributed by atoms with Gasteiger partial charge < -0.3 is 10.7 Å². The first-order chi connectivity index (χ1) is 9.58. The van der Waals surface area contributed by atoms with Crippen LogP contribution >= 0.6 is 23.2 Å². The fraction of sp³-hybridized carbons (Fsp3) is 0.133. The normalized spacial score (nSPS) is 11.2. The zero-order valence-electron chi connectivity index (χ0n) is 10.9. The van der Waals surface area contributed by atoms with Gasteiger partial charge in [-0.25, -0.2) is 4.98 Å². The van der Waals surface area contributed by atoms with Gasteiger partial charge in [-0.05, 0) is 36.2 Å². The lowest BCUT2D eigenvalue weighted by Gasteiger charge is -2.05. The molecule has 0 bridgehead atoms. The molecule has 3 N–H and O–H groups in total. The molecule has 0 unspecified atom stereocenters. The third kappa shape index (κ3) is 2.23. The summed E-state index contributed by atoms with van der Waals surface area (Å²) in [5.41, 5.74) is 10.3. The smallest absolute Gasteiger partial charge is 0.140 e. The van der Waals surface area contributed by atoms with E-state index in [2.05, 4.69) is 29.0 Å². The quantitative estimate of drug-likeness (QED) is 0.675. The molecule has 0 aliphatic heterocycles. The highest BCUT2D eigenvalue weighted by Gasteiger charge is 2.12. The number of nitrogens with zero attached hydrogens (tertiary/aromatic N) is 1. The average molecular weight is 306 g/mol. The van der Waals surface area contributed by atoms with Crippen molar-refractivity contribution in [3.05, 3.63) is 45.9 Å². The number of nitrogen functional groups attached to an aromatic ring is 1. The van der Waals surface area contributed by atoms with Crippen molar-refractivity contribution in [1.29, 1.82) is 0 Å². The Balaban J connectivity index is 2.20. The summed E-state index contributed by atoms with van der Waals surface area (Å²) >= 11 is 12.1. The van der Waals surface area contributed by atoms with Gasteiger partial charge in [0.15, 0.2) is 0 Å². The van der Waals surface area contributed by atoms with Gasteiger partial charge in [0.2, 0.25) is 0 Å². The number of benzene rings is 2. The van der Waals surface area contributed by atoms with Crippen molar-refractivity contribution in [2.75, 3.05) is 5.73 Å². The molecule has 3 nitrogen and oxygen atoms in total. The third-order valence-electron chi connectivity index (χ3n) is 3.30. The molecule has 1 heterocycles.